The van der Waals surface area contributed by atoms with Crippen LogP contribution < -0.4 is 10.1 Å². The SMILES string of the molecule is CCOC(=O)CCNCc1cnc(Oc2ccc(Cl)cc2)c(C)c1. The van der Waals surface area contributed by atoms with E-state index in [1.54, 1.807) is 37.4 Å². The summed E-state index contributed by atoms with van der Waals surface area (Å²) >= 11 is 5.86. The van der Waals surface area contributed by atoms with Crippen LogP contribution in [0.3, 0.4) is 0 Å². The topological polar surface area (TPSA) is 60.5 Å². The van der Waals surface area contributed by atoms with Crippen molar-refractivity contribution in [1.82, 2.24) is 10.3 Å². The molecule has 0 radical (unpaired) electrons. The number of benzene rings is 1. The molecule has 1 aromatic heterocycles. The fourth-order valence-corrected chi connectivity index (χ4v) is 2.22. The second-order valence-electron chi connectivity index (χ2n) is 5.25. The summed E-state index contributed by atoms with van der Waals surface area (Å²) in [5.74, 6) is 1.06. The molecule has 0 unspecified atom stereocenters. The molecule has 0 atom stereocenters. The Kier molecular flexibility index (Phi) is 7.03. The molecule has 128 valence electrons. The number of nitrogens with one attached hydrogen (secondary N) is 1. The number of halogens is 1. The Morgan fingerprint density at radius 3 is 2.71 bits per heavy atom. The number of aryl methyl sites for hydroxylation is 1. The Morgan fingerprint density at radius 1 is 1.29 bits per heavy atom. The Hall–Kier alpha value is -2.11. The monoisotopic (exact) mass is 348 g/mol. The molecule has 0 saturated heterocycles. The number of hydrogen-bond acceptors (Lipinski definition) is 5. The first-order valence-electron chi connectivity index (χ1n) is 7.83. The molecule has 2 rings (SSSR count). The number of aromatic nitrogens is 1. The molecule has 1 heterocycles. The van der Waals surface area contributed by atoms with Crippen molar-refractivity contribution in [2.24, 2.45) is 0 Å². The summed E-state index contributed by atoms with van der Waals surface area (Å²) in [4.78, 5) is 15.6. The number of carbonyl (C=O) groups is 1. The van der Waals surface area contributed by atoms with Crippen LogP contribution in [0, 0.1) is 6.92 Å². The van der Waals surface area contributed by atoms with Crippen molar-refractivity contribution >= 4 is 17.6 Å². The predicted molar refractivity (Wildman–Crippen MR) is 93.5 cm³/mol. The molecule has 0 spiro atoms. The van der Waals surface area contributed by atoms with Crippen molar-refractivity contribution in [3.05, 3.63) is 52.7 Å². The van der Waals surface area contributed by atoms with Crippen LogP contribution in [0.4, 0.5) is 0 Å². The quantitative estimate of drug-likeness (QED) is 0.579. The fraction of sp³-hybridized carbons (Fsp3) is 0.333. The molecule has 0 bridgehead atoms. The van der Waals surface area contributed by atoms with Gasteiger partial charge >= 0.3 is 5.97 Å². The zero-order valence-corrected chi connectivity index (χ0v) is 14.6. The summed E-state index contributed by atoms with van der Waals surface area (Å²) in [6.07, 6.45) is 2.12. The Labute approximate surface area is 147 Å². The van der Waals surface area contributed by atoms with E-state index in [-0.39, 0.29) is 5.97 Å². The molecule has 0 aliphatic heterocycles. The van der Waals surface area contributed by atoms with Crippen LogP contribution in [0.2, 0.25) is 5.02 Å². The van der Waals surface area contributed by atoms with Gasteiger partial charge in [0, 0.05) is 29.9 Å². The third-order valence-electron chi connectivity index (χ3n) is 3.26. The lowest BCUT2D eigenvalue weighted by molar-refractivity contribution is -0.142. The zero-order chi connectivity index (χ0) is 17.4. The van der Waals surface area contributed by atoms with Gasteiger partial charge in [0.1, 0.15) is 5.75 Å². The van der Waals surface area contributed by atoms with Gasteiger partial charge in [-0.2, -0.15) is 0 Å². The van der Waals surface area contributed by atoms with E-state index in [1.165, 1.54) is 0 Å². The molecular weight excluding hydrogens is 328 g/mol. The zero-order valence-electron chi connectivity index (χ0n) is 13.8. The highest BCUT2D eigenvalue weighted by Crippen LogP contribution is 2.24. The molecular formula is C18H21ClN2O3. The van der Waals surface area contributed by atoms with Crippen LogP contribution in [0.25, 0.3) is 0 Å². The molecule has 6 heteroatoms. The average molecular weight is 349 g/mol. The number of pyridine rings is 1. The summed E-state index contributed by atoms with van der Waals surface area (Å²) in [7, 11) is 0. The van der Waals surface area contributed by atoms with Gasteiger partial charge < -0.3 is 14.8 Å². The molecule has 0 aliphatic carbocycles. The van der Waals surface area contributed by atoms with E-state index in [2.05, 4.69) is 10.3 Å². The molecule has 0 fully saturated rings. The van der Waals surface area contributed by atoms with E-state index in [1.807, 2.05) is 13.0 Å². The number of hydrogen-bond donors (Lipinski definition) is 1. The lowest BCUT2D eigenvalue weighted by Crippen LogP contribution is -2.19. The maximum atomic E-state index is 11.2. The van der Waals surface area contributed by atoms with E-state index in [4.69, 9.17) is 21.1 Å². The first kappa shape index (κ1) is 18.2. The van der Waals surface area contributed by atoms with Gasteiger partial charge in [-0.05, 0) is 49.7 Å². The van der Waals surface area contributed by atoms with Gasteiger partial charge in [-0.15, -0.1) is 0 Å². The molecule has 5 nitrogen and oxygen atoms in total. The number of esters is 1. The molecule has 1 aromatic carbocycles. The Balaban J connectivity index is 1.85. The summed E-state index contributed by atoms with van der Waals surface area (Å²) in [6, 6.07) is 9.15. The minimum atomic E-state index is -0.189. The maximum absolute atomic E-state index is 11.2. The van der Waals surface area contributed by atoms with Gasteiger partial charge in [0.2, 0.25) is 5.88 Å². The van der Waals surface area contributed by atoms with Crippen LogP contribution in [0.15, 0.2) is 36.5 Å². The van der Waals surface area contributed by atoms with Gasteiger partial charge in [-0.25, -0.2) is 4.98 Å². The van der Waals surface area contributed by atoms with Crippen LogP contribution >= 0.6 is 11.6 Å². The molecule has 1 N–H and O–H groups in total. The number of rotatable bonds is 8. The van der Waals surface area contributed by atoms with Crippen molar-refractivity contribution in [2.45, 2.75) is 26.8 Å². The first-order valence-corrected chi connectivity index (χ1v) is 8.21. The van der Waals surface area contributed by atoms with Crippen LogP contribution in [-0.2, 0) is 16.1 Å². The summed E-state index contributed by atoms with van der Waals surface area (Å²) in [5.41, 5.74) is 1.97. The highest BCUT2D eigenvalue weighted by molar-refractivity contribution is 6.30. The van der Waals surface area contributed by atoms with Gasteiger partial charge in [0.05, 0.1) is 13.0 Å². The standard InChI is InChI=1S/C18H21ClN2O3/c1-3-23-17(22)8-9-20-11-14-10-13(2)18(21-12-14)24-16-6-4-15(19)5-7-16/h4-7,10,12,20H,3,8-9,11H2,1-2H3. The van der Waals surface area contributed by atoms with Crippen molar-refractivity contribution in [1.29, 1.82) is 0 Å². The number of carbonyl (C=O) groups excluding carboxylic acids is 1. The smallest absolute Gasteiger partial charge is 0.307 e. The minimum absolute atomic E-state index is 0.189. The summed E-state index contributed by atoms with van der Waals surface area (Å²) < 4.78 is 10.6. The second-order valence-corrected chi connectivity index (χ2v) is 5.69. The van der Waals surface area contributed by atoms with Crippen molar-refractivity contribution < 1.29 is 14.3 Å². The van der Waals surface area contributed by atoms with E-state index < -0.39 is 0 Å². The predicted octanol–water partition coefficient (Wildman–Crippen LogP) is 3.88. The third-order valence-corrected chi connectivity index (χ3v) is 3.51. The highest BCUT2D eigenvalue weighted by Gasteiger charge is 2.06. The van der Waals surface area contributed by atoms with E-state index in [0.717, 1.165) is 11.1 Å². The summed E-state index contributed by atoms with van der Waals surface area (Å²) in [5, 5.41) is 3.86. The van der Waals surface area contributed by atoms with E-state index in [0.29, 0.717) is 42.8 Å². The Morgan fingerprint density at radius 2 is 2.04 bits per heavy atom. The Bertz CT molecular complexity index is 674. The minimum Gasteiger partial charge on any atom is -0.466 e. The van der Waals surface area contributed by atoms with Crippen LogP contribution in [-0.4, -0.2) is 24.1 Å². The van der Waals surface area contributed by atoms with Crippen molar-refractivity contribution in [3.8, 4) is 11.6 Å². The lowest BCUT2D eigenvalue weighted by atomic mass is 10.2. The molecule has 0 aliphatic rings. The van der Waals surface area contributed by atoms with E-state index >= 15 is 0 Å². The lowest BCUT2D eigenvalue weighted by Gasteiger charge is -2.10. The van der Waals surface area contributed by atoms with Crippen molar-refractivity contribution in [3.63, 3.8) is 0 Å². The highest BCUT2D eigenvalue weighted by atomic mass is 35.5. The second kappa shape index (κ2) is 9.25. The largest absolute Gasteiger partial charge is 0.466 e. The van der Waals surface area contributed by atoms with Crippen LogP contribution in [0.5, 0.6) is 11.6 Å². The van der Waals surface area contributed by atoms with Gasteiger partial charge in [0.15, 0.2) is 0 Å². The van der Waals surface area contributed by atoms with Crippen LogP contribution in [0.1, 0.15) is 24.5 Å². The van der Waals surface area contributed by atoms with Crippen molar-refractivity contribution in [2.75, 3.05) is 13.2 Å². The molecule has 0 amide bonds. The first-order chi connectivity index (χ1) is 11.6. The molecule has 24 heavy (non-hydrogen) atoms. The van der Waals surface area contributed by atoms with Gasteiger partial charge in [-0.3, -0.25) is 4.79 Å². The summed E-state index contributed by atoms with van der Waals surface area (Å²) in [6.45, 7) is 5.36. The average Bonchev–Trinajstić information content (AvgIpc) is 2.56. The van der Waals surface area contributed by atoms with Gasteiger partial charge in [0.25, 0.3) is 0 Å². The normalized spacial score (nSPS) is 10.5. The maximum Gasteiger partial charge on any atom is 0.307 e. The fourth-order valence-electron chi connectivity index (χ4n) is 2.09. The third kappa shape index (κ3) is 5.83. The molecule has 2 aromatic rings. The number of nitrogens with zero attached hydrogens (tertiary/aromatic N) is 1. The molecule has 0 saturated carbocycles. The van der Waals surface area contributed by atoms with E-state index in [9.17, 15) is 4.79 Å². The number of ether oxygens (including phenoxy) is 2. The van der Waals surface area contributed by atoms with Gasteiger partial charge in [-0.1, -0.05) is 11.6 Å².